The second kappa shape index (κ2) is 14.5. The van der Waals surface area contributed by atoms with Gasteiger partial charge in [-0.05, 0) is 49.4 Å². The summed E-state index contributed by atoms with van der Waals surface area (Å²) in [7, 11) is 0. The standard InChI is InChI=1S/C38H43N7O3/c1-3-42-19-10-15-30(42)27-47-37-40-34-25-43(35-17-9-14-29-13-7-8-16-32(29)35)20-18-33(34)36(41-37)44-21-22-45(31(24-44)23-39-2)38(46)48-26-28-11-5-4-6-12-28/h4-9,11-14,16-17,30-31H,3,10,15,18-27H2,1H3/t30-,31-/m0/s1. The number of likely N-dealkylation sites (tertiary alicyclic amines) is 1. The molecule has 10 nitrogen and oxygen atoms in total. The van der Waals surface area contributed by atoms with E-state index in [9.17, 15) is 4.79 Å². The molecule has 1 aromatic heterocycles. The Kier molecular flexibility index (Phi) is 9.57. The summed E-state index contributed by atoms with van der Waals surface area (Å²) in [5.74, 6) is 0.860. The number of likely N-dealkylation sites (N-methyl/N-ethyl adjacent to an activating group) is 1. The van der Waals surface area contributed by atoms with E-state index in [4.69, 9.17) is 26.0 Å². The summed E-state index contributed by atoms with van der Waals surface area (Å²) in [5, 5.41) is 2.45. The Hall–Kier alpha value is -4.88. The van der Waals surface area contributed by atoms with Crippen LogP contribution >= 0.6 is 0 Å². The van der Waals surface area contributed by atoms with Crippen molar-refractivity contribution in [2.75, 3.05) is 62.2 Å². The lowest BCUT2D eigenvalue weighted by atomic mass is 10.0. The summed E-state index contributed by atoms with van der Waals surface area (Å²) < 4.78 is 12.1. The predicted octanol–water partition coefficient (Wildman–Crippen LogP) is 5.80. The van der Waals surface area contributed by atoms with Crippen LogP contribution in [0, 0.1) is 6.57 Å². The number of aromatic nitrogens is 2. The Morgan fingerprint density at radius 3 is 2.62 bits per heavy atom. The number of amides is 1. The van der Waals surface area contributed by atoms with Crippen molar-refractivity contribution in [1.82, 2.24) is 19.8 Å². The summed E-state index contributed by atoms with van der Waals surface area (Å²) in [5.41, 5.74) is 4.23. The maximum absolute atomic E-state index is 13.2. The van der Waals surface area contributed by atoms with Crippen molar-refractivity contribution in [3.05, 3.63) is 101 Å². The van der Waals surface area contributed by atoms with E-state index in [0.717, 1.165) is 55.1 Å². The van der Waals surface area contributed by atoms with Crippen LogP contribution in [0.15, 0.2) is 72.8 Å². The lowest BCUT2D eigenvalue weighted by Crippen LogP contribution is -2.57. The molecule has 4 aromatic rings. The van der Waals surface area contributed by atoms with Gasteiger partial charge in [0.25, 0.3) is 0 Å². The molecule has 2 atom stereocenters. The molecule has 1 amide bonds. The van der Waals surface area contributed by atoms with Crippen molar-refractivity contribution in [1.29, 1.82) is 0 Å². The Bertz CT molecular complexity index is 1770. The van der Waals surface area contributed by atoms with E-state index in [0.29, 0.717) is 44.8 Å². The molecule has 0 N–H and O–H groups in total. The molecule has 3 aliphatic heterocycles. The summed E-state index contributed by atoms with van der Waals surface area (Å²) in [4.78, 5) is 35.8. The topological polar surface area (TPSA) is 78.6 Å². The summed E-state index contributed by atoms with van der Waals surface area (Å²) in [6, 6.07) is 25.1. The molecule has 0 radical (unpaired) electrons. The number of piperazine rings is 1. The van der Waals surface area contributed by atoms with E-state index in [1.54, 1.807) is 4.90 Å². The van der Waals surface area contributed by atoms with Gasteiger partial charge in [0.2, 0.25) is 6.54 Å². The Morgan fingerprint density at radius 2 is 1.77 bits per heavy atom. The molecule has 0 spiro atoms. The molecule has 2 saturated heterocycles. The fraction of sp³-hybridized carbons (Fsp3) is 0.421. The number of hydrogen-bond donors (Lipinski definition) is 0. The average molecular weight is 646 g/mol. The van der Waals surface area contributed by atoms with Gasteiger partial charge in [-0.1, -0.05) is 73.7 Å². The Balaban J connectivity index is 1.15. The first-order valence-corrected chi connectivity index (χ1v) is 17.2. The minimum absolute atomic E-state index is 0.191. The third kappa shape index (κ3) is 6.74. The predicted molar refractivity (Wildman–Crippen MR) is 187 cm³/mol. The van der Waals surface area contributed by atoms with Gasteiger partial charge in [0, 0.05) is 48.9 Å². The molecule has 0 bridgehead atoms. The quantitative estimate of drug-likeness (QED) is 0.212. The average Bonchev–Trinajstić information content (AvgIpc) is 3.60. The molecule has 3 aliphatic rings. The van der Waals surface area contributed by atoms with Gasteiger partial charge >= 0.3 is 12.1 Å². The zero-order valence-electron chi connectivity index (χ0n) is 27.6. The molecule has 0 unspecified atom stereocenters. The van der Waals surface area contributed by atoms with Crippen LogP contribution in [0.4, 0.5) is 16.3 Å². The first-order valence-electron chi connectivity index (χ1n) is 17.2. The molecule has 48 heavy (non-hydrogen) atoms. The summed E-state index contributed by atoms with van der Waals surface area (Å²) >= 11 is 0. The van der Waals surface area contributed by atoms with Crippen molar-refractivity contribution in [2.45, 2.75) is 51.4 Å². The molecule has 0 saturated carbocycles. The van der Waals surface area contributed by atoms with Crippen LogP contribution in [0.1, 0.15) is 36.6 Å². The van der Waals surface area contributed by atoms with Gasteiger partial charge in [-0.3, -0.25) is 9.80 Å². The van der Waals surface area contributed by atoms with E-state index >= 15 is 0 Å². The second-order valence-electron chi connectivity index (χ2n) is 12.8. The van der Waals surface area contributed by atoms with Crippen molar-refractivity contribution < 1.29 is 14.3 Å². The first-order chi connectivity index (χ1) is 23.6. The fourth-order valence-corrected chi connectivity index (χ4v) is 7.43. The third-order valence-corrected chi connectivity index (χ3v) is 9.96. The number of nitrogens with zero attached hydrogens (tertiary/aromatic N) is 7. The lowest BCUT2D eigenvalue weighted by Gasteiger charge is -2.40. The van der Waals surface area contributed by atoms with Crippen molar-refractivity contribution in [2.24, 2.45) is 0 Å². The fourth-order valence-electron chi connectivity index (χ4n) is 7.43. The number of hydrogen-bond acceptors (Lipinski definition) is 8. The maximum Gasteiger partial charge on any atom is 0.410 e. The molecule has 3 aromatic carbocycles. The molecular formula is C38H43N7O3. The van der Waals surface area contributed by atoms with Gasteiger partial charge < -0.3 is 24.1 Å². The number of fused-ring (bicyclic) bond motifs is 2. The third-order valence-electron chi connectivity index (χ3n) is 9.96. The number of carbonyl (C=O) groups is 1. The SMILES string of the molecule is [C-]#[N+]C[C@H]1CN(c2nc(OC[C@@H]3CCCN3CC)nc3c2CCN(c2cccc4ccccc24)C3)CCN1C(=O)OCc1ccccc1. The van der Waals surface area contributed by atoms with E-state index < -0.39 is 0 Å². The highest BCUT2D eigenvalue weighted by atomic mass is 16.6. The van der Waals surface area contributed by atoms with E-state index in [1.165, 1.54) is 22.9 Å². The van der Waals surface area contributed by atoms with Crippen molar-refractivity contribution >= 4 is 28.4 Å². The number of carbonyl (C=O) groups excluding carboxylic acids is 1. The molecule has 10 heteroatoms. The monoisotopic (exact) mass is 645 g/mol. The van der Waals surface area contributed by atoms with Crippen molar-refractivity contribution in [3.63, 3.8) is 0 Å². The lowest BCUT2D eigenvalue weighted by molar-refractivity contribution is 0.0788. The maximum atomic E-state index is 13.2. The smallest absolute Gasteiger partial charge is 0.410 e. The Labute approximate surface area is 282 Å². The van der Waals surface area contributed by atoms with Gasteiger partial charge in [0.05, 0.1) is 12.2 Å². The molecule has 0 aliphatic carbocycles. The second-order valence-corrected chi connectivity index (χ2v) is 12.8. The normalized spacial score (nSPS) is 19.6. The number of benzene rings is 3. The largest absolute Gasteiger partial charge is 0.462 e. The zero-order chi connectivity index (χ0) is 32.9. The molecule has 2 fully saturated rings. The zero-order valence-corrected chi connectivity index (χ0v) is 27.6. The van der Waals surface area contributed by atoms with Gasteiger partial charge in [-0.2, -0.15) is 9.97 Å². The van der Waals surface area contributed by atoms with Crippen LogP contribution in [0.5, 0.6) is 6.01 Å². The van der Waals surface area contributed by atoms with Crippen LogP contribution in [0.3, 0.4) is 0 Å². The molecule has 4 heterocycles. The van der Waals surface area contributed by atoms with Crippen molar-refractivity contribution in [3.8, 4) is 6.01 Å². The van der Waals surface area contributed by atoms with Gasteiger partial charge in [0.1, 0.15) is 25.1 Å². The van der Waals surface area contributed by atoms with E-state index in [-0.39, 0.29) is 25.3 Å². The molecule has 248 valence electrons. The Morgan fingerprint density at radius 1 is 0.938 bits per heavy atom. The number of ether oxygens (including phenoxy) is 2. The summed E-state index contributed by atoms with van der Waals surface area (Å²) in [6.07, 6.45) is 2.69. The highest BCUT2D eigenvalue weighted by Crippen LogP contribution is 2.35. The van der Waals surface area contributed by atoms with Gasteiger partial charge in [0.15, 0.2) is 0 Å². The van der Waals surface area contributed by atoms with Gasteiger partial charge in [-0.25, -0.2) is 11.4 Å². The minimum Gasteiger partial charge on any atom is -0.462 e. The minimum atomic E-state index is -0.385. The number of rotatable bonds is 9. The van der Waals surface area contributed by atoms with Crippen LogP contribution in [-0.2, 0) is 24.3 Å². The number of anilines is 2. The van der Waals surface area contributed by atoms with E-state index in [1.807, 2.05) is 30.3 Å². The van der Waals surface area contributed by atoms with Gasteiger partial charge in [-0.15, -0.1) is 0 Å². The summed E-state index contributed by atoms with van der Waals surface area (Å²) in [6.45, 7) is 15.9. The van der Waals surface area contributed by atoms with Crippen LogP contribution in [-0.4, -0.2) is 90.4 Å². The van der Waals surface area contributed by atoms with Crippen LogP contribution in [0.2, 0.25) is 0 Å². The van der Waals surface area contributed by atoms with Crippen LogP contribution in [0.25, 0.3) is 15.6 Å². The highest BCUT2D eigenvalue weighted by Gasteiger charge is 2.36. The first kappa shape index (κ1) is 31.7. The molecule has 7 rings (SSSR count). The highest BCUT2D eigenvalue weighted by molar-refractivity contribution is 5.94. The van der Waals surface area contributed by atoms with Crippen LogP contribution < -0.4 is 14.5 Å². The molecular weight excluding hydrogens is 602 g/mol. The van der Waals surface area contributed by atoms with E-state index in [2.05, 4.69) is 68.9 Å².